The molecule has 110 valence electrons. The minimum Gasteiger partial charge on any atom is -0.355 e. The van der Waals surface area contributed by atoms with E-state index in [1.807, 2.05) is 36.4 Å². The highest BCUT2D eigenvalue weighted by Crippen LogP contribution is 2.16. The van der Waals surface area contributed by atoms with Crippen LogP contribution in [0.3, 0.4) is 0 Å². The maximum atomic E-state index is 11.6. The predicted molar refractivity (Wildman–Crippen MR) is 87.0 cm³/mol. The van der Waals surface area contributed by atoms with Gasteiger partial charge in [0.2, 0.25) is 0 Å². The molecule has 0 radical (unpaired) electrons. The van der Waals surface area contributed by atoms with Gasteiger partial charge < -0.3 is 10.6 Å². The quantitative estimate of drug-likeness (QED) is 0.873. The molecule has 2 N–H and O–H groups in total. The number of carbonyl (C=O) groups excluding carboxylic acids is 1. The first-order valence-corrected chi connectivity index (χ1v) is 7.55. The molecule has 4 nitrogen and oxygen atoms in total. The smallest absolute Gasteiger partial charge is 0.251 e. The van der Waals surface area contributed by atoms with E-state index < -0.39 is 0 Å². The first-order valence-electron chi connectivity index (χ1n) is 6.76. The maximum absolute atomic E-state index is 11.6. The van der Waals surface area contributed by atoms with Crippen molar-refractivity contribution >= 4 is 21.8 Å². The van der Waals surface area contributed by atoms with Gasteiger partial charge in [-0.2, -0.15) is 0 Å². The number of rotatable bonds is 5. The Labute approximate surface area is 133 Å². The molecule has 1 unspecified atom stereocenters. The van der Waals surface area contributed by atoms with Gasteiger partial charge in [0.25, 0.3) is 5.91 Å². The van der Waals surface area contributed by atoms with Crippen molar-refractivity contribution in [3.05, 3.63) is 63.9 Å². The third-order valence-corrected chi connectivity index (χ3v) is 3.71. The summed E-state index contributed by atoms with van der Waals surface area (Å²) in [5, 5.41) is 6.04. The van der Waals surface area contributed by atoms with Gasteiger partial charge >= 0.3 is 0 Å². The van der Waals surface area contributed by atoms with Gasteiger partial charge in [-0.3, -0.25) is 9.78 Å². The van der Waals surface area contributed by atoms with Gasteiger partial charge in [0.15, 0.2) is 0 Å². The van der Waals surface area contributed by atoms with Gasteiger partial charge in [-0.1, -0.05) is 28.1 Å². The molecule has 1 amide bonds. The first kappa shape index (κ1) is 15.7. The van der Waals surface area contributed by atoms with Crippen molar-refractivity contribution in [3.63, 3.8) is 0 Å². The second kappa shape index (κ2) is 7.33. The van der Waals surface area contributed by atoms with Crippen LogP contribution in [0.15, 0.2) is 47.1 Å². The number of hydrogen-bond acceptors (Lipinski definition) is 3. The molecule has 1 aromatic heterocycles. The minimum absolute atomic E-state index is 0.0708. The summed E-state index contributed by atoms with van der Waals surface area (Å²) in [7, 11) is 1.63. The monoisotopic (exact) mass is 347 g/mol. The standard InChI is InChI=1S/C16H18BrN3O/c1-11(15-9-14(17)6-7-19-15)20-10-12-4-3-5-13(8-12)16(21)18-2/h3-9,11,20H,10H2,1-2H3,(H,18,21). The maximum Gasteiger partial charge on any atom is 0.251 e. The fraction of sp³-hybridized carbons (Fsp3) is 0.250. The summed E-state index contributed by atoms with van der Waals surface area (Å²) in [5.74, 6) is -0.0708. The van der Waals surface area contributed by atoms with Gasteiger partial charge in [0.1, 0.15) is 0 Å². The number of carbonyl (C=O) groups is 1. The molecular formula is C16H18BrN3O. The average Bonchev–Trinajstić information content (AvgIpc) is 2.52. The number of benzene rings is 1. The molecule has 0 fully saturated rings. The molecule has 0 aliphatic carbocycles. The van der Waals surface area contributed by atoms with Crippen LogP contribution in [0.1, 0.15) is 34.6 Å². The number of halogens is 1. The lowest BCUT2D eigenvalue weighted by atomic mass is 10.1. The van der Waals surface area contributed by atoms with E-state index in [0.29, 0.717) is 12.1 Å². The molecule has 2 aromatic rings. The molecule has 5 heteroatoms. The van der Waals surface area contributed by atoms with E-state index in [1.165, 1.54) is 0 Å². The summed E-state index contributed by atoms with van der Waals surface area (Å²) in [4.78, 5) is 16.0. The van der Waals surface area contributed by atoms with E-state index in [4.69, 9.17) is 0 Å². The van der Waals surface area contributed by atoms with E-state index in [1.54, 1.807) is 13.2 Å². The van der Waals surface area contributed by atoms with Gasteiger partial charge in [-0.05, 0) is 36.8 Å². The lowest BCUT2D eigenvalue weighted by Crippen LogP contribution is -2.20. The van der Waals surface area contributed by atoms with Crippen LogP contribution in [0.4, 0.5) is 0 Å². The number of nitrogens with zero attached hydrogens (tertiary/aromatic N) is 1. The van der Waals surface area contributed by atoms with E-state index in [9.17, 15) is 4.79 Å². The Kier molecular flexibility index (Phi) is 5.47. The van der Waals surface area contributed by atoms with Crippen LogP contribution >= 0.6 is 15.9 Å². The number of aromatic nitrogens is 1. The number of amides is 1. The first-order chi connectivity index (χ1) is 10.1. The Morgan fingerprint density at radius 3 is 2.86 bits per heavy atom. The highest BCUT2D eigenvalue weighted by molar-refractivity contribution is 9.10. The molecule has 0 spiro atoms. The van der Waals surface area contributed by atoms with Crippen molar-refractivity contribution in [2.24, 2.45) is 0 Å². The molecule has 0 saturated heterocycles. The topological polar surface area (TPSA) is 54.0 Å². The largest absolute Gasteiger partial charge is 0.355 e. The fourth-order valence-electron chi connectivity index (χ4n) is 2.00. The van der Waals surface area contributed by atoms with Crippen molar-refractivity contribution in [2.45, 2.75) is 19.5 Å². The van der Waals surface area contributed by atoms with Crippen LogP contribution in [0, 0.1) is 0 Å². The van der Waals surface area contributed by atoms with Crippen molar-refractivity contribution in [2.75, 3.05) is 7.05 Å². The Morgan fingerprint density at radius 2 is 2.14 bits per heavy atom. The van der Waals surface area contributed by atoms with Gasteiger partial charge in [-0.25, -0.2) is 0 Å². The zero-order valence-corrected chi connectivity index (χ0v) is 13.6. The molecule has 0 aliphatic rings. The Morgan fingerprint density at radius 1 is 1.33 bits per heavy atom. The highest BCUT2D eigenvalue weighted by Gasteiger charge is 2.08. The zero-order valence-electron chi connectivity index (χ0n) is 12.1. The van der Waals surface area contributed by atoms with E-state index in [2.05, 4.69) is 38.5 Å². The van der Waals surface area contributed by atoms with Crippen LogP contribution in [0.2, 0.25) is 0 Å². The summed E-state index contributed by atoms with van der Waals surface area (Å²) in [5.41, 5.74) is 2.72. The molecular weight excluding hydrogens is 330 g/mol. The fourth-order valence-corrected chi connectivity index (χ4v) is 2.35. The number of hydrogen-bond donors (Lipinski definition) is 2. The molecule has 2 rings (SSSR count). The molecule has 1 aromatic carbocycles. The van der Waals surface area contributed by atoms with Crippen LogP contribution < -0.4 is 10.6 Å². The minimum atomic E-state index is -0.0708. The van der Waals surface area contributed by atoms with Crippen molar-refractivity contribution in [1.29, 1.82) is 0 Å². The SMILES string of the molecule is CNC(=O)c1cccc(CNC(C)c2cc(Br)ccn2)c1. The second-order valence-corrected chi connectivity index (χ2v) is 5.70. The molecule has 0 bridgehead atoms. The zero-order chi connectivity index (χ0) is 15.2. The van der Waals surface area contributed by atoms with Gasteiger partial charge in [0, 0.05) is 35.9 Å². The summed E-state index contributed by atoms with van der Waals surface area (Å²) < 4.78 is 1.02. The Hall–Kier alpha value is -1.72. The second-order valence-electron chi connectivity index (χ2n) is 4.78. The van der Waals surface area contributed by atoms with Crippen LogP contribution in [0.25, 0.3) is 0 Å². The van der Waals surface area contributed by atoms with E-state index in [0.717, 1.165) is 15.7 Å². The third-order valence-electron chi connectivity index (χ3n) is 3.22. The van der Waals surface area contributed by atoms with E-state index in [-0.39, 0.29) is 11.9 Å². The molecule has 0 aliphatic heterocycles. The lowest BCUT2D eigenvalue weighted by Gasteiger charge is -2.14. The van der Waals surface area contributed by atoms with Crippen molar-refractivity contribution in [3.8, 4) is 0 Å². The normalized spacial score (nSPS) is 12.0. The molecule has 1 heterocycles. The highest BCUT2D eigenvalue weighted by atomic mass is 79.9. The van der Waals surface area contributed by atoms with Crippen LogP contribution in [0.5, 0.6) is 0 Å². The summed E-state index contributed by atoms with van der Waals surface area (Å²) in [6.45, 7) is 2.75. The number of nitrogens with one attached hydrogen (secondary N) is 2. The van der Waals surface area contributed by atoms with Crippen molar-refractivity contribution < 1.29 is 4.79 Å². The summed E-state index contributed by atoms with van der Waals surface area (Å²) in [6, 6.07) is 11.6. The predicted octanol–water partition coefficient (Wildman–Crippen LogP) is 3.05. The number of pyridine rings is 1. The summed E-state index contributed by atoms with van der Waals surface area (Å²) >= 11 is 3.45. The van der Waals surface area contributed by atoms with Gasteiger partial charge in [0.05, 0.1) is 5.69 Å². The van der Waals surface area contributed by atoms with E-state index >= 15 is 0 Å². The lowest BCUT2D eigenvalue weighted by molar-refractivity contribution is 0.0963. The molecule has 21 heavy (non-hydrogen) atoms. The van der Waals surface area contributed by atoms with Crippen LogP contribution in [-0.2, 0) is 6.54 Å². The third kappa shape index (κ3) is 4.37. The Bertz CT molecular complexity index is 630. The molecule has 1 atom stereocenters. The summed E-state index contributed by atoms with van der Waals surface area (Å²) in [6.07, 6.45) is 1.78. The molecule has 0 saturated carbocycles. The Balaban J connectivity index is 2.01. The van der Waals surface area contributed by atoms with Crippen molar-refractivity contribution in [1.82, 2.24) is 15.6 Å². The average molecular weight is 348 g/mol. The van der Waals surface area contributed by atoms with Gasteiger partial charge in [-0.15, -0.1) is 0 Å². The van der Waals surface area contributed by atoms with Crippen LogP contribution in [-0.4, -0.2) is 17.9 Å².